The topological polar surface area (TPSA) is 67.8 Å². The Hall–Kier alpha value is -2.83. The van der Waals surface area contributed by atoms with Crippen molar-refractivity contribution < 1.29 is 14.3 Å². The maximum atomic E-state index is 12.4. The number of nitrogens with zero attached hydrogens (tertiary/aromatic N) is 4. The molecule has 0 radical (unpaired) electrons. The van der Waals surface area contributed by atoms with E-state index >= 15 is 0 Å². The molecule has 7 nitrogen and oxygen atoms in total. The fourth-order valence-corrected chi connectivity index (χ4v) is 3.19. The Bertz CT molecular complexity index is 767. The number of rotatable bonds is 6. The lowest BCUT2D eigenvalue weighted by Crippen LogP contribution is -2.50. The van der Waals surface area contributed by atoms with Crippen molar-refractivity contribution in [3.05, 3.63) is 42.1 Å². The third kappa shape index (κ3) is 4.30. The van der Waals surface area contributed by atoms with E-state index in [4.69, 9.17) is 9.47 Å². The molecule has 0 spiro atoms. The molecule has 2 aromatic rings. The van der Waals surface area contributed by atoms with Crippen LogP contribution in [0.15, 0.2) is 36.4 Å². The van der Waals surface area contributed by atoms with Crippen LogP contribution in [0.5, 0.6) is 11.5 Å². The van der Waals surface area contributed by atoms with Gasteiger partial charge in [-0.3, -0.25) is 4.79 Å². The van der Waals surface area contributed by atoms with E-state index in [9.17, 15) is 4.79 Å². The van der Waals surface area contributed by atoms with E-state index in [2.05, 4.69) is 21.2 Å². The molecule has 1 saturated heterocycles. The minimum atomic E-state index is 0.000587. The summed E-state index contributed by atoms with van der Waals surface area (Å²) in [6, 6.07) is 11.4. The van der Waals surface area contributed by atoms with E-state index in [0.717, 1.165) is 30.4 Å². The summed E-state index contributed by atoms with van der Waals surface area (Å²) in [5, 5.41) is 8.71. The van der Waals surface area contributed by atoms with Crippen molar-refractivity contribution in [3.63, 3.8) is 0 Å². The molecule has 1 aromatic carbocycles. The molecular weight excluding hydrogens is 344 g/mol. The summed E-state index contributed by atoms with van der Waals surface area (Å²) in [6.45, 7) is 2.88. The van der Waals surface area contributed by atoms with Crippen LogP contribution in [0.3, 0.4) is 0 Å². The number of carbonyl (C=O) groups is 1. The van der Waals surface area contributed by atoms with Crippen LogP contribution in [0.25, 0.3) is 0 Å². The molecule has 2 aliphatic rings. The molecule has 0 unspecified atom stereocenters. The fourth-order valence-electron chi connectivity index (χ4n) is 3.19. The smallest absolute Gasteiger partial charge is 0.260 e. The third-order valence-electron chi connectivity index (χ3n) is 5.04. The number of anilines is 1. The monoisotopic (exact) mass is 368 g/mol. The van der Waals surface area contributed by atoms with Gasteiger partial charge in [0.05, 0.1) is 12.8 Å². The fraction of sp³-hybridized carbons (Fsp3) is 0.450. The van der Waals surface area contributed by atoms with Gasteiger partial charge in [0, 0.05) is 32.1 Å². The zero-order valence-corrected chi connectivity index (χ0v) is 15.5. The summed E-state index contributed by atoms with van der Waals surface area (Å²) in [5.74, 6) is 2.93. The van der Waals surface area contributed by atoms with Crippen LogP contribution in [-0.2, 0) is 4.79 Å². The first-order valence-electron chi connectivity index (χ1n) is 9.36. The van der Waals surface area contributed by atoms with E-state index in [0.29, 0.717) is 24.8 Å². The Labute approximate surface area is 158 Å². The van der Waals surface area contributed by atoms with Crippen molar-refractivity contribution in [1.82, 2.24) is 15.1 Å². The van der Waals surface area contributed by atoms with Gasteiger partial charge in [0.1, 0.15) is 11.5 Å². The van der Waals surface area contributed by atoms with E-state index in [-0.39, 0.29) is 12.5 Å². The van der Waals surface area contributed by atoms with Crippen LogP contribution < -0.4 is 14.4 Å². The molecule has 0 bridgehead atoms. The molecule has 2 heterocycles. The van der Waals surface area contributed by atoms with Gasteiger partial charge in [-0.05, 0) is 49.2 Å². The molecule has 0 N–H and O–H groups in total. The summed E-state index contributed by atoms with van der Waals surface area (Å²) >= 11 is 0. The quantitative estimate of drug-likeness (QED) is 0.778. The Morgan fingerprint density at radius 1 is 1.00 bits per heavy atom. The second-order valence-corrected chi connectivity index (χ2v) is 6.92. The Morgan fingerprint density at radius 2 is 1.70 bits per heavy atom. The van der Waals surface area contributed by atoms with Crippen molar-refractivity contribution in [2.24, 2.45) is 0 Å². The van der Waals surface area contributed by atoms with Crippen LogP contribution in [0.2, 0.25) is 0 Å². The predicted octanol–water partition coefficient (Wildman–Crippen LogP) is 2.09. The summed E-state index contributed by atoms with van der Waals surface area (Å²) in [5.41, 5.74) is 1.10. The Kier molecular flexibility index (Phi) is 5.09. The second-order valence-electron chi connectivity index (χ2n) is 6.92. The van der Waals surface area contributed by atoms with Gasteiger partial charge in [0.25, 0.3) is 5.91 Å². The number of amides is 1. The molecule has 27 heavy (non-hydrogen) atoms. The average molecular weight is 368 g/mol. The Balaban J connectivity index is 1.24. The molecule has 0 atom stereocenters. The second kappa shape index (κ2) is 7.82. The maximum Gasteiger partial charge on any atom is 0.260 e. The molecule has 1 saturated carbocycles. The van der Waals surface area contributed by atoms with Gasteiger partial charge in [0.15, 0.2) is 12.4 Å². The number of carbonyl (C=O) groups excluding carboxylic acids is 1. The lowest BCUT2D eigenvalue weighted by Gasteiger charge is -2.35. The van der Waals surface area contributed by atoms with Crippen LogP contribution in [0, 0.1) is 0 Å². The largest absolute Gasteiger partial charge is 0.497 e. The van der Waals surface area contributed by atoms with Crippen molar-refractivity contribution >= 4 is 11.7 Å². The van der Waals surface area contributed by atoms with E-state index < -0.39 is 0 Å². The lowest BCUT2D eigenvalue weighted by molar-refractivity contribution is -0.133. The van der Waals surface area contributed by atoms with Crippen LogP contribution in [-0.4, -0.2) is 60.9 Å². The zero-order chi connectivity index (χ0) is 18.6. The highest BCUT2D eigenvalue weighted by molar-refractivity contribution is 5.78. The van der Waals surface area contributed by atoms with Crippen molar-refractivity contribution in [2.75, 3.05) is 44.8 Å². The number of ether oxygens (including phenoxy) is 2. The first-order valence-corrected chi connectivity index (χ1v) is 9.36. The van der Waals surface area contributed by atoms with Crippen molar-refractivity contribution in [3.8, 4) is 11.5 Å². The van der Waals surface area contributed by atoms with Gasteiger partial charge in [-0.1, -0.05) is 0 Å². The van der Waals surface area contributed by atoms with Gasteiger partial charge in [0.2, 0.25) is 0 Å². The highest BCUT2D eigenvalue weighted by Gasteiger charge is 2.26. The van der Waals surface area contributed by atoms with Crippen LogP contribution in [0.1, 0.15) is 24.5 Å². The van der Waals surface area contributed by atoms with Gasteiger partial charge in [-0.2, -0.15) is 5.10 Å². The predicted molar refractivity (Wildman–Crippen MR) is 101 cm³/mol. The molecule has 2 fully saturated rings. The summed E-state index contributed by atoms with van der Waals surface area (Å²) in [4.78, 5) is 16.4. The number of methoxy groups -OCH3 is 1. The highest BCUT2D eigenvalue weighted by atomic mass is 16.5. The minimum Gasteiger partial charge on any atom is -0.497 e. The van der Waals surface area contributed by atoms with Crippen LogP contribution in [0.4, 0.5) is 5.82 Å². The Morgan fingerprint density at radius 3 is 2.30 bits per heavy atom. The molecular formula is C20H24N4O3. The van der Waals surface area contributed by atoms with E-state index in [1.54, 1.807) is 19.2 Å². The number of hydrogen-bond acceptors (Lipinski definition) is 6. The van der Waals surface area contributed by atoms with Gasteiger partial charge >= 0.3 is 0 Å². The molecule has 1 amide bonds. The average Bonchev–Trinajstić information content (AvgIpc) is 3.58. The third-order valence-corrected chi connectivity index (χ3v) is 5.04. The number of benzene rings is 1. The van der Waals surface area contributed by atoms with E-state index in [1.165, 1.54) is 12.8 Å². The number of aromatic nitrogens is 2. The summed E-state index contributed by atoms with van der Waals surface area (Å²) < 4.78 is 10.7. The first kappa shape index (κ1) is 17.6. The molecule has 1 aromatic heterocycles. The molecule has 7 heteroatoms. The number of piperazine rings is 1. The highest BCUT2D eigenvalue weighted by Crippen LogP contribution is 2.38. The molecule has 4 rings (SSSR count). The molecule has 1 aliphatic heterocycles. The minimum absolute atomic E-state index is 0.000587. The van der Waals surface area contributed by atoms with E-state index in [1.807, 2.05) is 23.1 Å². The first-order chi connectivity index (χ1) is 13.2. The van der Waals surface area contributed by atoms with Gasteiger partial charge in [-0.15, -0.1) is 5.10 Å². The van der Waals surface area contributed by atoms with Crippen molar-refractivity contribution in [2.45, 2.75) is 18.8 Å². The van der Waals surface area contributed by atoms with Gasteiger partial charge in [-0.25, -0.2) is 0 Å². The molecule has 142 valence electrons. The van der Waals surface area contributed by atoms with Gasteiger partial charge < -0.3 is 19.3 Å². The summed E-state index contributed by atoms with van der Waals surface area (Å²) in [7, 11) is 1.62. The maximum absolute atomic E-state index is 12.4. The SMILES string of the molecule is COc1ccc(OCC(=O)N2CCN(c3ccc(C4CC4)nn3)CC2)cc1. The number of hydrogen-bond donors (Lipinski definition) is 0. The molecule has 1 aliphatic carbocycles. The summed E-state index contributed by atoms with van der Waals surface area (Å²) in [6.07, 6.45) is 2.46. The standard InChI is InChI=1S/C20H24N4O3/c1-26-16-4-6-17(7-5-16)27-14-20(25)24-12-10-23(11-13-24)19-9-8-18(21-22-19)15-2-3-15/h4-9,15H,2-3,10-14H2,1H3. The van der Waals surface area contributed by atoms with Crippen molar-refractivity contribution in [1.29, 1.82) is 0 Å². The zero-order valence-electron chi connectivity index (χ0n) is 15.5. The lowest BCUT2D eigenvalue weighted by atomic mass is 10.2. The normalized spacial score (nSPS) is 16.9. The van der Waals surface area contributed by atoms with Crippen LogP contribution >= 0.6 is 0 Å².